The molecule has 0 amide bonds. The van der Waals surface area contributed by atoms with Crippen molar-refractivity contribution in [1.82, 2.24) is 0 Å². The van der Waals surface area contributed by atoms with Crippen LogP contribution in [0.25, 0.3) is 0 Å². The van der Waals surface area contributed by atoms with Gasteiger partial charge < -0.3 is 14.9 Å². The maximum absolute atomic E-state index is 11.0. The quantitative estimate of drug-likeness (QED) is 0.773. The Labute approximate surface area is 97.6 Å². The second-order valence-electron chi connectivity index (χ2n) is 3.94. The minimum Gasteiger partial charge on any atom is -0.493 e. The van der Waals surface area contributed by atoms with Gasteiger partial charge in [-0.25, -0.2) is 0 Å². The Morgan fingerprint density at radius 2 is 1.88 bits per heavy atom. The van der Waals surface area contributed by atoms with Gasteiger partial charge in [0.15, 0.2) is 5.92 Å². The highest BCUT2D eigenvalue weighted by Crippen LogP contribution is 2.38. The summed E-state index contributed by atoms with van der Waals surface area (Å²) in [4.78, 5) is 22.1. The molecule has 0 spiro atoms. The van der Waals surface area contributed by atoms with Gasteiger partial charge in [-0.15, -0.1) is 0 Å². The molecule has 0 aromatic heterocycles. The van der Waals surface area contributed by atoms with Crippen molar-refractivity contribution in [2.75, 3.05) is 6.61 Å². The van der Waals surface area contributed by atoms with Gasteiger partial charge in [-0.3, -0.25) is 9.59 Å². The fourth-order valence-electron chi connectivity index (χ4n) is 2.17. The normalized spacial score (nSPS) is 18.3. The largest absolute Gasteiger partial charge is 0.493 e. The molecule has 1 aromatic carbocycles. The summed E-state index contributed by atoms with van der Waals surface area (Å²) in [7, 11) is 0. The average molecular weight is 236 g/mol. The van der Waals surface area contributed by atoms with Gasteiger partial charge in [0, 0.05) is 5.92 Å². The molecule has 1 aliphatic rings. The van der Waals surface area contributed by atoms with Crippen molar-refractivity contribution in [2.24, 2.45) is 5.92 Å². The van der Waals surface area contributed by atoms with Crippen molar-refractivity contribution in [3.05, 3.63) is 29.8 Å². The maximum atomic E-state index is 11.0. The zero-order valence-electron chi connectivity index (χ0n) is 9.00. The maximum Gasteiger partial charge on any atom is 0.318 e. The molecule has 0 saturated heterocycles. The number of ether oxygens (including phenoxy) is 1. The van der Waals surface area contributed by atoms with Gasteiger partial charge in [-0.2, -0.15) is 0 Å². The van der Waals surface area contributed by atoms with Crippen LogP contribution in [-0.4, -0.2) is 28.8 Å². The third kappa shape index (κ3) is 2.08. The Balaban J connectivity index is 2.40. The van der Waals surface area contributed by atoms with Crippen LogP contribution in [0.2, 0.25) is 0 Å². The van der Waals surface area contributed by atoms with Gasteiger partial charge in [-0.1, -0.05) is 18.2 Å². The summed E-state index contributed by atoms with van der Waals surface area (Å²) in [5, 5.41) is 18.0. The van der Waals surface area contributed by atoms with E-state index < -0.39 is 23.8 Å². The van der Waals surface area contributed by atoms with E-state index in [9.17, 15) is 9.59 Å². The molecule has 1 unspecified atom stereocenters. The summed E-state index contributed by atoms with van der Waals surface area (Å²) in [6.45, 7) is 0.346. The molecule has 1 aromatic rings. The third-order valence-corrected chi connectivity index (χ3v) is 2.94. The highest BCUT2D eigenvalue weighted by atomic mass is 16.5. The number of aliphatic carboxylic acids is 2. The fraction of sp³-hybridized carbons (Fsp3) is 0.333. The predicted molar refractivity (Wildman–Crippen MR) is 58.1 cm³/mol. The number of hydrogen-bond donors (Lipinski definition) is 2. The lowest BCUT2D eigenvalue weighted by Crippen LogP contribution is -2.32. The number of hydrogen-bond acceptors (Lipinski definition) is 3. The van der Waals surface area contributed by atoms with E-state index in [4.69, 9.17) is 14.9 Å². The molecule has 5 nitrogen and oxygen atoms in total. The molecule has 0 bridgehead atoms. The molecule has 17 heavy (non-hydrogen) atoms. The Bertz CT molecular complexity index is 440. The van der Waals surface area contributed by atoms with E-state index in [-0.39, 0.29) is 0 Å². The summed E-state index contributed by atoms with van der Waals surface area (Å²) in [6.07, 6.45) is 0.403. The summed E-state index contributed by atoms with van der Waals surface area (Å²) in [6, 6.07) is 6.97. The van der Waals surface area contributed by atoms with Crippen LogP contribution in [0.3, 0.4) is 0 Å². The topological polar surface area (TPSA) is 83.8 Å². The highest BCUT2D eigenvalue weighted by molar-refractivity contribution is 5.94. The van der Waals surface area contributed by atoms with Gasteiger partial charge in [0.05, 0.1) is 6.61 Å². The molecule has 0 saturated carbocycles. The summed E-state index contributed by atoms with van der Waals surface area (Å²) >= 11 is 0. The van der Waals surface area contributed by atoms with Gasteiger partial charge in [0.2, 0.25) is 0 Å². The van der Waals surface area contributed by atoms with Crippen LogP contribution >= 0.6 is 0 Å². The molecular formula is C12H12O5. The number of carbonyl (C=O) groups is 2. The van der Waals surface area contributed by atoms with Crippen LogP contribution in [-0.2, 0) is 9.59 Å². The van der Waals surface area contributed by atoms with Crippen LogP contribution in [0.15, 0.2) is 24.3 Å². The fourth-order valence-corrected chi connectivity index (χ4v) is 2.17. The zero-order chi connectivity index (χ0) is 12.4. The molecule has 1 heterocycles. The van der Waals surface area contributed by atoms with E-state index in [0.717, 1.165) is 0 Å². The van der Waals surface area contributed by atoms with E-state index in [1.54, 1.807) is 24.3 Å². The molecule has 5 heteroatoms. The van der Waals surface area contributed by atoms with Crippen LogP contribution in [0, 0.1) is 5.92 Å². The highest BCUT2D eigenvalue weighted by Gasteiger charge is 2.38. The molecule has 0 fully saturated rings. The van der Waals surface area contributed by atoms with E-state index in [1.807, 2.05) is 0 Å². The van der Waals surface area contributed by atoms with Crippen LogP contribution < -0.4 is 4.74 Å². The predicted octanol–water partition coefficient (Wildman–Crippen LogP) is 1.34. The second kappa shape index (κ2) is 4.45. The van der Waals surface area contributed by atoms with E-state index >= 15 is 0 Å². The summed E-state index contributed by atoms with van der Waals surface area (Å²) in [5.74, 6) is -3.98. The summed E-state index contributed by atoms with van der Waals surface area (Å²) < 4.78 is 5.38. The molecule has 0 radical (unpaired) electrons. The standard InChI is InChI=1S/C12H12O5/c13-11(14)10(12(15)16)8-5-6-17-9-4-2-1-3-7(8)9/h1-4,8,10H,5-6H2,(H,13,14)(H,15,16). The van der Waals surface area contributed by atoms with Crippen molar-refractivity contribution in [1.29, 1.82) is 0 Å². The third-order valence-electron chi connectivity index (χ3n) is 2.94. The Hall–Kier alpha value is -2.04. The first-order valence-electron chi connectivity index (χ1n) is 5.28. The van der Waals surface area contributed by atoms with Gasteiger partial charge in [0.1, 0.15) is 5.75 Å². The number of benzene rings is 1. The van der Waals surface area contributed by atoms with Crippen molar-refractivity contribution < 1.29 is 24.5 Å². The zero-order valence-corrected chi connectivity index (χ0v) is 9.00. The first-order chi connectivity index (χ1) is 8.11. The molecule has 90 valence electrons. The molecule has 2 N–H and O–H groups in total. The average Bonchev–Trinajstić information content (AvgIpc) is 2.28. The second-order valence-corrected chi connectivity index (χ2v) is 3.94. The smallest absolute Gasteiger partial charge is 0.318 e. The molecular weight excluding hydrogens is 224 g/mol. The molecule has 1 aliphatic heterocycles. The van der Waals surface area contributed by atoms with Gasteiger partial charge in [0.25, 0.3) is 0 Å². The monoisotopic (exact) mass is 236 g/mol. The SMILES string of the molecule is O=C(O)C(C(=O)O)C1CCOc2ccccc21. The van der Waals surface area contributed by atoms with E-state index in [0.29, 0.717) is 24.3 Å². The van der Waals surface area contributed by atoms with Crippen LogP contribution in [0.4, 0.5) is 0 Å². The number of carboxylic acid groups (broad SMARTS) is 2. The Kier molecular flexibility index (Phi) is 2.99. The van der Waals surface area contributed by atoms with Gasteiger partial charge >= 0.3 is 11.9 Å². The number of rotatable bonds is 3. The first kappa shape index (κ1) is 11.4. The Morgan fingerprint density at radius 3 is 2.53 bits per heavy atom. The van der Waals surface area contributed by atoms with Crippen molar-refractivity contribution in [3.63, 3.8) is 0 Å². The minimum atomic E-state index is -1.42. The van der Waals surface area contributed by atoms with E-state index in [1.165, 1.54) is 0 Å². The van der Waals surface area contributed by atoms with Gasteiger partial charge in [-0.05, 0) is 18.1 Å². The summed E-state index contributed by atoms with van der Waals surface area (Å²) in [5.41, 5.74) is 0.661. The first-order valence-corrected chi connectivity index (χ1v) is 5.28. The number of carboxylic acids is 2. The molecule has 0 aliphatic carbocycles. The van der Waals surface area contributed by atoms with Crippen LogP contribution in [0.1, 0.15) is 17.9 Å². The molecule has 1 atom stereocenters. The van der Waals surface area contributed by atoms with Crippen molar-refractivity contribution in [3.8, 4) is 5.75 Å². The molecule has 2 rings (SSSR count). The van der Waals surface area contributed by atoms with Crippen LogP contribution in [0.5, 0.6) is 5.75 Å². The van der Waals surface area contributed by atoms with Crippen molar-refractivity contribution in [2.45, 2.75) is 12.3 Å². The van der Waals surface area contributed by atoms with E-state index in [2.05, 4.69) is 0 Å². The minimum absolute atomic E-state index is 0.346. The van der Waals surface area contributed by atoms with Crippen molar-refractivity contribution >= 4 is 11.9 Å². The number of para-hydroxylation sites is 1. The Morgan fingerprint density at radius 1 is 1.24 bits per heavy atom. The lowest BCUT2D eigenvalue weighted by atomic mass is 9.82. The number of fused-ring (bicyclic) bond motifs is 1. The lowest BCUT2D eigenvalue weighted by Gasteiger charge is -2.28. The lowest BCUT2D eigenvalue weighted by molar-refractivity contribution is -0.156.